The SMILES string of the molecule is COC(=O)c1c(-c2cc(OC)c(OC)c(OC)c2)c2ccc(O)cc2c(=O)n1-c1ccc(N)cc1. The molecule has 180 valence electrons. The number of hydrogen-bond acceptors (Lipinski definition) is 8. The third-order valence-electron chi connectivity index (χ3n) is 5.65. The molecule has 4 rings (SSSR count). The number of carbonyl (C=O) groups is 1. The average molecular weight is 476 g/mol. The lowest BCUT2D eigenvalue weighted by molar-refractivity contribution is 0.0591. The third-order valence-corrected chi connectivity index (χ3v) is 5.65. The van der Waals surface area contributed by atoms with Crippen LogP contribution in [0.3, 0.4) is 0 Å². The minimum absolute atomic E-state index is 0.0188. The van der Waals surface area contributed by atoms with Gasteiger partial charge in [0.15, 0.2) is 11.5 Å². The van der Waals surface area contributed by atoms with Crippen LogP contribution in [0.2, 0.25) is 0 Å². The monoisotopic (exact) mass is 476 g/mol. The molecule has 3 aromatic carbocycles. The number of nitrogens with two attached hydrogens (primary N) is 1. The smallest absolute Gasteiger partial charge is 0.355 e. The maximum Gasteiger partial charge on any atom is 0.355 e. The molecule has 0 saturated carbocycles. The van der Waals surface area contributed by atoms with Gasteiger partial charge < -0.3 is 29.8 Å². The van der Waals surface area contributed by atoms with Crippen molar-refractivity contribution >= 4 is 22.4 Å². The van der Waals surface area contributed by atoms with Gasteiger partial charge >= 0.3 is 5.97 Å². The van der Waals surface area contributed by atoms with E-state index in [-0.39, 0.29) is 16.8 Å². The molecule has 35 heavy (non-hydrogen) atoms. The van der Waals surface area contributed by atoms with E-state index in [2.05, 4.69) is 0 Å². The second-order valence-corrected chi connectivity index (χ2v) is 7.59. The summed E-state index contributed by atoms with van der Waals surface area (Å²) in [5.41, 5.74) is 7.06. The van der Waals surface area contributed by atoms with Crippen molar-refractivity contribution in [3.8, 4) is 39.8 Å². The Kier molecular flexibility index (Phi) is 6.24. The van der Waals surface area contributed by atoms with Crippen LogP contribution in [0, 0.1) is 0 Å². The predicted molar refractivity (Wildman–Crippen MR) is 132 cm³/mol. The Labute approximate surface area is 200 Å². The summed E-state index contributed by atoms with van der Waals surface area (Å²) in [5, 5.41) is 10.8. The molecule has 0 aliphatic carbocycles. The summed E-state index contributed by atoms with van der Waals surface area (Å²) in [6, 6.07) is 14.2. The van der Waals surface area contributed by atoms with Crippen molar-refractivity contribution in [2.24, 2.45) is 0 Å². The number of esters is 1. The molecular weight excluding hydrogens is 452 g/mol. The van der Waals surface area contributed by atoms with Crippen molar-refractivity contribution in [1.29, 1.82) is 0 Å². The summed E-state index contributed by atoms with van der Waals surface area (Å²) in [5.74, 6) is 0.245. The third kappa shape index (κ3) is 3.97. The number of pyridine rings is 1. The quantitative estimate of drug-likeness (QED) is 0.319. The zero-order valence-electron chi connectivity index (χ0n) is 19.6. The van der Waals surface area contributed by atoms with Crippen molar-refractivity contribution in [2.45, 2.75) is 0 Å². The molecule has 3 N–H and O–H groups in total. The van der Waals surface area contributed by atoms with Crippen molar-refractivity contribution in [2.75, 3.05) is 34.2 Å². The van der Waals surface area contributed by atoms with Gasteiger partial charge in [-0.1, -0.05) is 0 Å². The van der Waals surface area contributed by atoms with Gasteiger partial charge in [-0.25, -0.2) is 4.79 Å². The first-order chi connectivity index (χ1) is 16.8. The average Bonchev–Trinajstić information content (AvgIpc) is 2.88. The number of nitrogens with zero attached hydrogens (tertiary/aromatic N) is 1. The highest BCUT2D eigenvalue weighted by Crippen LogP contribution is 2.44. The first-order valence-corrected chi connectivity index (χ1v) is 10.5. The van der Waals surface area contributed by atoms with Gasteiger partial charge in [0.2, 0.25) is 5.75 Å². The molecule has 0 saturated heterocycles. The number of aromatic nitrogens is 1. The zero-order chi connectivity index (χ0) is 25.3. The standard InChI is InChI=1S/C26H24N2O7/c1-32-20-11-14(12-21(33-2)24(20)34-3)22-18-10-9-17(29)13-19(18)25(30)28(23(22)26(31)35-4)16-7-5-15(27)6-8-16/h5-13,29H,27H2,1-4H3. The Bertz CT molecular complexity index is 1470. The number of anilines is 1. The number of methoxy groups -OCH3 is 4. The van der Waals surface area contributed by atoms with Gasteiger partial charge in [-0.2, -0.15) is 0 Å². The predicted octanol–water partition coefficient (Wildman–Crippen LogP) is 3.76. The zero-order valence-corrected chi connectivity index (χ0v) is 19.6. The van der Waals surface area contributed by atoms with Crippen molar-refractivity contribution in [1.82, 2.24) is 4.57 Å². The van der Waals surface area contributed by atoms with Gasteiger partial charge in [-0.3, -0.25) is 9.36 Å². The lowest BCUT2D eigenvalue weighted by Gasteiger charge is -2.20. The van der Waals surface area contributed by atoms with Gasteiger partial charge in [0.25, 0.3) is 5.56 Å². The summed E-state index contributed by atoms with van der Waals surface area (Å²) in [6.07, 6.45) is 0. The number of benzene rings is 3. The summed E-state index contributed by atoms with van der Waals surface area (Å²) in [4.78, 5) is 26.9. The molecule has 0 spiro atoms. The topological polar surface area (TPSA) is 122 Å². The van der Waals surface area contributed by atoms with Crippen LogP contribution in [-0.2, 0) is 4.74 Å². The van der Waals surface area contributed by atoms with E-state index in [0.717, 1.165) is 0 Å². The molecule has 0 aliphatic heterocycles. The Balaban J connectivity index is 2.25. The molecule has 1 aromatic heterocycles. The van der Waals surface area contributed by atoms with E-state index in [9.17, 15) is 14.7 Å². The number of fused-ring (bicyclic) bond motifs is 1. The molecule has 4 aromatic rings. The maximum atomic E-state index is 13.7. The molecule has 1 heterocycles. The number of aromatic hydroxyl groups is 1. The second-order valence-electron chi connectivity index (χ2n) is 7.59. The molecule has 0 bridgehead atoms. The van der Waals surface area contributed by atoms with Gasteiger partial charge in [0.05, 0.1) is 33.8 Å². The fourth-order valence-electron chi connectivity index (χ4n) is 4.07. The lowest BCUT2D eigenvalue weighted by atomic mass is 9.95. The van der Waals surface area contributed by atoms with E-state index in [1.807, 2.05) is 0 Å². The Morgan fingerprint density at radius 2 is 1.49 bits per heavy atom. The largest absolute Gasteiger partial charge is 0.508 e. The van der Waals surface area contributed by atoms with E-state index >= 15 is 0 Å². The van der Waals surface area contributed by atoms with Crippen LogP contribution in [0.15, 0.2) is 59.4 Å². The van der Waals surface area contributed by atoms with Crippen LogP contribution in [-0.4, -0.2) is 44.1 Å². The number of nitrogen functional groups attached to an aromatic ring is 1. The van der Waals surface area contributed by atoms with Crippen LogP contribution in [0.1, 0.15) is 10.5 Å². The van der Waals surface area contributed by atoms with Crippen LogP contribution in [0.5, 0.6) is 23.0 Å². The minimum Gasteiger partial charge on any atom is -0.508 e. The number of phenols is 1. The number of ether oxygens (including phenoxy) is 4. The normalized spacial score (nSPS) is 10.7. The Morgan fingerprint density at radius 3 is 2.03 bits per heavy atom. The van der Waals surface area contributed by atoms with E-state index in [4.69, 9.17) is 24.7 Å². The Morgan fingerprint density at radius 1 is 0.857 bits per heavy atom. The highest BCUT2D eigenvalue weighted by Gasteiger charge is 2.27. The van der Waals surface area contributed by atoms with Gasteiger partial charge in [-0.15, -0.1) is 0 Å². The lowest BCUT2D eigenvalue weighted by Crippen LogP contribution is -2.26. The van der Waals surface area contributed by atoms with Crippen molar-refractivity contribution < 1.29 is 28.8 Å². The summed E-state index contributed by atoms with van der Waals surface area (Å²) in [7, 11) is 5.68. The molecule has 0 atom stereocenters. The second kappa shape index (κ2) is 9.30. The Hall–Kier alpha value is -4.66. The summed E-state index contributed by atoms with van der Waals surface area (Å²) >= 11 is 0. The molecule has 0 radical (unpaired) electrons. The van der Waals surface area contributed by atoms with E-state index in [1.165, 1.54) is 45.1 Å². The fraction of sp³-hybridized carbons (Fsp3) is 0.154. The van der Waals surface area contributed by atoms with E-state index in [1.54, 1.807) is 42.5 Å². The molecule has 0 fully saturated rings. The summed E-state index contributed by atoms with van der Waals surface area (Å²) in [6.45, 7) is 0. The van der Waals surface area contributed by atoms with Crippen LogP contribution >= 0.6 is 0 Å². The number of phenolic OH excluding ortho intramolecular Hbond substituents is 1. The van der Waals surface area contributed by atoms with Gasteiger partial charge in [0, 0.05) is 16.9 Å². The minimum atomic E-state index is -0.738. The van der Waals surface area contributed by atoms with Crippen LogP contribution in [0.4, 0.5) is 5.69 Å². The molecule has 0 unspecified atom stereocenters. The highest BCUT2D eigenvalue weighted by molar-refractivity contribution is 6.07. The molecule has 9 heteroatoms. The molecule has 9 nitrogen and oxygen atoms in total. The highest BCUT2D eigenvalue weighted by atomic mass is 16.5. The number of hydrogen-bond donors (Lipinski definition) is 2. The number of carbonyl (C=O) groups excluding carboxylic acids is 1. The van der Waals surface area contributed by atoms with Gasteiger partial charge in [0.1, 0.15) is 11.4 Å². The molecular formula is C26H24N2O7. The fourth-order valence-corrected chi connectivity index (χ4v) is 4.07. The maximum absolute atomic E-state index is 13.7. The molecule has 0 amide bonds. The first kappa shape index (κ1) is 23.5. The first-order valence-electron chi connectivity index (χ1n) is 10.5. The van der Waals surface area contributed by atoms with Crippen LogP contribution < -0.4 is 25.5 Å². The molecule has 0 aliphatic rings. The van der Waals surface area contributed by atoms with E-state index in [0.29, 0.717) is 45.1 Å². The van der Waals surface area contributed by atoms with E-state index < -0.39 is 11.5 Å². The van der Waals surface area contributed by atoms with Gasteiger partial charge in [-0.05, 0) is 65.5 Å². The van der Waals surface area contributed by atoms with Crippen molar-refractivity contribution in [3.05, 3.63) is 70.6 Å². The van der Waals surface area contributed by atoms with Crippen LogP contribution in [0.25, 0.3) is 27.6 Å². The van der Waals surface area contributed by atoms with Crippen molar-refractivity contribution in [3.63, 3.8) is 0 Å². The number of rotatable bonds is 6. The summed E-state index contributed by atoms with van der Waals surface area (Å²) < 4.78 is 22.8.